The van der Waals surface area contributed by atoms with Crippen LogP contribution in [0.4, 0.5) is 17.1 Å². The summed E-state index contributed by atoms with van der Waals surface area (Å²) in [5, 5.41) is 7.67. The smallest absolute Gasteiger partial charge is 0.252 e. The van der Waals surface area contributed by atoms with E-state index in [1.807, 2.05) is 0 Å². The van der Waals surface area contributed by atoms with E-state index < -0.39 is 0 Å². The molecule has 0 N–H and O–H groups in total. The van der Waals surface area contributed by atoms with Gasteiger partial charge in [-0.25, -0.2) is 0 Å². The van der Waals surface area contributed by atoms with Gasteiger partial charge in [0.1, 0.15) is 0 Å². The molecule has 0 amide bonds. The van der Waals surface area contributed by atoms with Crippen molar-refractivity contribution in [3.63, 3.8) is 0 Å². The third-order valence-electron chi connectivity index (χ3n) is 19.3. The van der Waals surface area contributed by atoms with E-state index in [1.54, 1.807) is 0 Å². The zero-order chi connectivity index (χ0) is 54.5. The van der Waals surface area contributed by atoms with Gasteiger partial charge in [0.15, 0.2) is 0 Å². The second-order valence-electron chi connectivity index (χ2n) is 23.5. The van der Waals surface area contributed by atoms with E-state index in [0.717, 1.165) is 11.4 Å². The minimum atomic E-state index is -0.114. The number of nitrogens with zero attached hydrogens (tertiary/aromatic N) is 4. The summed E-state index contributed by atoms with van der Waals surface area (Å²) >= 11 is 0. The average Bonchev–Trinajstić information content (AvgIpc) is 1.42. The maximum atomic E-state index is 2.78. The van der Waals surface area contributed by atoms with Crippen LogP contribution in [0.1, 0.15) is 0 Å². The number of aromatic nitrogens is 3. The zero-order valence-corrected chi connectivity index (χ0v) is 45.5. The van der Waals surface area contributed by atoms with Gasteiger partial charge in [-0.2, -0.15) is 0 Å². The fourth-order valence-corrected chi connectivity index (χ4v) is 16.0. The van der Waals surface area contributed by atoms with Gasteiger partial charge in [0.05, 0.1) is 22.1 Å². The van der Waals surface area contributed by atoms with E-state index in [1.165, 1.54) is 165 Å². The van der Waals surface area contributed by atoms with Crippen molar-refractivity contribution in [3.05, 3.63) is 279 Å². The van der Waals surface area contributed by atoms with E-state index in [0.29, 0.717) is 0 Å². The molecule has 0 unspecified atom stereocenters. The van der Waals surface area contributed by atoms with Crippen molar-refractivity contribution in [1.29, 1.82) is 0 Å². The third-order valence-corrected chi connectivity index (χ3v) is 19.3. The number of hydrogen-bond donors (Lipinski definition) is 0. The number of anilines is 3. The van der Waals surface area contributed by atoms with Crippen molar-refractivity contribution < 1.29 is 0 Å². The minimum absolute atomic E-state index is 0.0797. The van der Waals surface area contributed by atoms with Crippen LogP contribution in [0.15, 0.2) is 279 Å². The lowest BCUT2D eigenvalue weighted by Gasteiger charge is -2.44. The Morgan fingerprint density at radius 3 is 1.48 bits per heavy atom. The SMILES string of the molecule is c1ccc(-c2ccc(N3c4ccc(-c5ccccc5)cc4B4c5c3cc3c6c5-n5c7c4cccc7c4c5c(cc5c7ccccc7n(-c7ccccc7)c54)B6c4cc(-c5ccccc5)cc5c6cc(-c7ccccc7)ccc6n-3c45)cc2)cc1. The second kappa shape index (κ2) is 16.4. The first-order chi connectivity index (χ1) is 41.7. The number of para-hydroxylation sites is 3. The first kappa shape index (κ1) is 44.9. The molecule has 0 saturated heterocycles. The first-order valence-electron chi connectivity index (χ1n) is 29.4. The van der Waals surface area contributed by atoms with Gasteiger partial charge in [-0.1, -0.05) is 218 Å². The Bertz CT molecular complexity index is 5530. The van der Waals surface area contributed by atoms with Crippen LogP contribution in [0.5, 0.6) is 0 Å². The Kier molecular flexibility index (Phi) is 8.78. The monoisotopic (exact) mass is 1060 g/mol. The van der Waals surface area contributed by atoms with E-state index in [9.17, 15) is 0 Å². The van der Waals surface area contributed by atoms with Crippen LogP contribution < -0.4 is 37.7 Å². The van der Waals surface area contributed by atoms with Gasteiger partial charge in [0, 0.05) is 77.5 Å². The number of benzene rings is 13. The van der Waals surface area contributed by atoms with E-state index >= 15 is 0 Å². The van der Waals surface area contributed by atoms with Crippen LogP contribution in [0.3, 0.4) is 0 Å². The third kappa shape index (κ3) is 5.79. The molecule has 4 nitrogen and oxygen atoms in total. The topological polar surface area (TPSA) is 18.0 Å². The molecule has 0 radical (unpaired) electrons. The molecule has 4 aliphatic heterocycles. The molecule has 0 bridgehead atoms. The molecule has 0 aliphatic carbocycles. The molecule has 0 atom stereocenters. The predicted octanol–water partition coefficient (Wildman–Crippen LogP) is 15.4. The molecule has 16 aromatic rings. The fraction of sp³-hybridized carbons (Fsp3) is 0. The van der Waals surface area contributed by atoms with E-state index in [2.05, 4.69) is 298 Å². The van der Waals surface area contributed by atoms with Gasteiger partial charge in [-0.15, -0.1) is 0 Å². The second-order valence-corrected chi connectivity index (χ2v) is 23.5. The largest absolute Gasteiger partial charge is 0.311 e. The lowest BCUT2D eigenvalue weighted by molar-refractivity contribution is 1.14. The maximum Gasteiger partial charge on any atom is 0.252 e. The maximum absolute atomic E-state index is 2.78. The molecular formula is C78H46B2N4. The van der Waals surface area contributed by atoms with Crippen molar-refractivity contribution in [2.45, 2.75) is 0 Å². The molecular weight excluding hydrogens is 1010 g/mol. The van der Waals surface area contributed by atoms with Crippen molar-refractivity contribution in [1.82, 2.24) is 13.7 Å². The van der Waals surface area contributed by atoms with Crippen LogP contribution in [0, 0.1) is 0 Å². The molecule has 20 rings (SSSR count). The summed E-state index contributed by atoms with van der Waals surface area (Å²) in [4.78, 5) is 2.61. The summed E-state index contributed by atoms with van der Waals surface area (Å²) in [5.41, 5.74) is 32.6. The summed E-state index contributed by atoms with van der Waals surface area (Å²) in [7, 11) is 0. The van der Waals surface area contributed by atoms with Crippen molar-refractivity contribution >= 4 is 129 Å². The minimum Gasteiger partial charge on any atom is -0.311 e. The lowest BCUT2D eigenvalue weighted by Crippen LogP contribution is -2.67. The molecule has 0 fully saturated rings. The van der Waals surface area contributed by atoms with Gasteiger partial charge < -0.3 is 18.6 Å². The Hall–Kier alpha value is -10.8. The Labute approximate surface area is 485 Å². The summed E-state index contributed by atoms with van der Waals surface area (Å²) in [6.07, 6.45) is 0. The van der Waals surface area contributed by atoms with Gasteiger partial charge in [0.2, 0.25) is 0 Å². The molecule has 6 heteroatoms. The highest BCUT2D eigenvalue weighted by molar-refractivity contribution is 7.04. The number of rotatable bonds is 6. The highest BCUT2D eigenvalue weighted by Crippen LogP contribution is 2.49. The molecule has 4 aliphatic rings. The van der Waals surface area contributed by atoms with E-state index in [4.69, 9.17) is 0 Å². The van der Waals surface area contributed by atoms with Crippen LogP contribution in [-0.2, 0) is 0 Å². The first-order valence-corrected chi connectivity index (χ1v) is 29.4. The molecule has 7 heterocycles. The highest BCUT2D eigenvalue weighted by Gasteiger charge is 2.50. The lowest BCUT2D eigenvalue weighted by atomic mass is 9.29. The molecule has 0 spiro atoms. The summed E-state index contributed by atoms with van der Waals surface area (Å²) in [6, 6.07) is 105. The van der Waals surface area contributed by atoms with Crippen LogP contribution >= 0.6 is 0 Å². The van der Waals surface area contributed by atoms with Gasteiger partial charge >= 0.3 is 0 Å². The molecule has 0 saturated carbocycles. The summed E-state index contributed by atoms with van der Waals surface area (Å²) in [5.74, 6) is 0. The Morgan fingerprint density at radius 2 is 0.750 bits per heavy atom. The van der Waals surface area contributed by atoms with Gasteiger partial charge in [-0.05, 0) is 138 Å². The van der Waals surface area contributed by atoms with Crippen molar-refractivity contribution in [2.24, 2.45) is 0 Å². The standard InChI is InChI=1S/C78H46B2N4/c1-6-19-47(20-7-1)51-33-37-56(38-34-51)81-68-40-36-53(49-23-10-3-11-24-49)43-63(68)79-62-31-18-30-58-71-76-61(57-29-16-17-32-66(57)82(76)55-27-14-5-15-28-55)45-65-77(71)84(74(58)62)78-72(79)69(81)46-70-73(78)80(65)64-44-54(50-25-12-4-13-26-50)42-60-59-41-52(48-21-8-2-9-22-48)35-39-67(59)83(70)75(60)64/h1-46H. The molecule has 84 heavy (non-hydrogen) atoms. The average molecular weight is 1060 g/mol. The highest BCUT2D eigenvalue weighted by atomic mass is 15.2. The zero-order valence-electron chi connectivity index (χ0n) is 45.5. The summed E-state index contributed by atoms with van der Waals surface area (Å²) in [6.45, 7) is -0.193. The fourth-order valence-electron chi connectivity index (χ4n) is 16.0. The number of fused-ring (bicyclic) bond motifs is 14. The van der Waals surface area contributed by atoms with Gasteiger partial charge in [-0.3, -0.25) is 0 Å². The van der Waals surface area contributed by atoms with Crippen LogP contribution in [-0.4, -0.2) is 27.1 Å². The van der Waals surface area contributed by atoms with Crippen molar-refractivity contribution in [2.75, 3.05) is 4.90 Å². The van der Waals surface area contributed by atoms with Crippen molar-refractivity contribution in [3.8, 4) is 61.6 Å². The van der Waals surface area contributed by atoms with E-state index in [-0.39, 0.29) is 13.4 Å². The Morgan fingerprint density at radius 1 is 0.238 bits per heavy atom. The van der Waals surface area contributed by atoms with Gasteiger partial charge in [0.25, 0.3) is 13.4 Å². The van der Waals surface area contributed by atoms with Crippen LogP contribution in [0.2, 0.25) is 0 Å². The normalized spacial score (nSPS) is 13.2. The summed E-state index contributed by atoms with van der Waals surface area (Å²) < 4.78 is 8.01. The number of hydrogen-bond acceptors (Lipinski definition) is 1. The quantitative estimate of drug-likeness (QED) is 0.152. The predicted molar refractivity (Wildman–Crippen MR) is 355 cm³/mol. The molecule has 13 aromatic carbocycles. The Balaban J connectivity index is 0.997. The molecule has 3 aromatic heterocycles. The molecule has 384 valence electrons. The van der Waals surface area contributed by atoms with Crippen LogP contribution in [0.25, 0.3) is 127 Å².